The van der Waals surface area contributed by atoms with E-state index in [1.54, 1.807) is 10.8 Å². The Balaban J connectivity index is 1.54. The molecule has 0 aliphatic carbocycles. The fourth-order valence-corrected chi connectivity index (χ4v) is 5.19. The quantitative estimate of drug-likeness (QED) is 0.416. The standard InChI is InChI=1S/C27H26N8O/c28-13-22-24-25(27(36)33(18-31-24)17-21-14-30-23-10-4-5-12-34(21)23)35(15-19-7-2-1-3-8-19)26(22)32-11-6-9-20(29)16-32/h1-5,7-8,10,12,14,18,20H,6,9,11,15-17,29H2. The van der Waals surface area contributed by atoms with E-state index < -0.39 is 0 Å². The third-order valence-electron chi connectivity index (χ3n) is 6.88. The van der Waals surface area contributed by atoms with Crippen molar-refractivity contribution in [1.82, 2.24) is 23.5 Å². The summed E-state index contributed by atoms with van der Waals surface area (Å²) in [6.07, 6.45) is 7.12. The first kappa shape index (κ1) is 22.1. The lowest BCUT2D eigenvalue weighted by molar-refractivity contribution is 0.498. The van der Waals surface area contributed by atoms with E-state index in [1.807, 2.05) is 63.7 Å². The van der Waals surface area contributed by atoms with Crippen LogP contribution in [0, 0.1) is 11.3 Å². The summed E-state index contributed by atoms with van der Waals surface area (Å²) >= 11 is 0. The van der Waals surface area contributed by atoms with Crippen LogP contribution < -0.4 is 16.2 Å². The second kappa shape index (κ2) is 8.98. The molecule has 0 bridgehead atoms. The van der Waals surface area contributed by atoms with Crippen LogP contribution in [0.1, 0.15) is 29.7 Å². The normalized spacial score (nSPS) is 16.0. The zero-order valence-corrected chi connectivity index (χ0v) is 19.8. The number of nitrogens with two attached hydrogens (primary N) is 1. The van der Waals surface area contributed by atoms with E-state index in [0.717, 1.165) is 42.1 Å². The van der Waals surface area contributed by atoms with Crippen molar-refractivity contribution < 1.29 is 0 Å². The molecule has 1 aromatic carbocycles. The maximum Gasteiger partial charge on any atom is 0.278 e. The number of hydrogen-bond donors (Lipinski definition) is 1. The van der Waals surface area contributed by atoms with E-state index in [4.69, 9.17) is 5.73 Å². The maximum atomic E-state index is 14.0. The van der Waals surface area contributed by atoms with E-state index in [9.17, 15) is 10.1 Å². The second-order valence-corrected chi connectivity index (χ2v) is 9.28. The summed E-state index contributed by atoms with van der Waals surface area (Å²) in [6.45, 7) is 2.19. The minimum atomic E-state index is -0.189. The molecule has 9 heteroatoms. The Morgan fingerprint density at radius 3 is 2.72 bits per heavy atom. The van der Waals surface area contributed by atoms with Crippen molar-refractivity contribution >= 4 is 22.5 Å². The number of rotatable bonds is 5. The van der Waals surface area contributed by atoms with Gasteiger partial charge in [0.15, 0.2) is 0 Å². The van der Waals surface area contributed by atoms with Gasteiger partial charge in [0.05, 0.1) is 24.8 Å². The van der Waals surface area contributed by atoms with Crippen molar-refractivity contribution in [2.24, 2.45) is 5.73 Å². The minimum absolute atomic E-state index is 0.0215. The summed E-state index contributed by atoms with van der Waals surface area (Å²) in [4.78, 5) is 25.2. The molecular formula is C27H26N8O. The van der Waals surface area contributed by atoms with Crippen LogP contribution in [0.4, 0.5) is 5.82 Å². The van der Waals surface area contributed by atoms with Crippen molar-refractivity contribution in [3.05, 3.63) is 94.4 Å². The lowest BCUT2D eigenvalue weighted by Crippen LogP contribution is -2.44. The van der Waals surface area contributed by atoms with Gasteiger partial charge in [-0.15, -0.1) is 0 Å². The molecule has 1 atom stereocenters. The molecule has 1 unspecified atom stereocenters. The predicted molar refractivity (Wildman–Crippen MR) is 138 cm³/mol. The number of nitriles is 1. The number of aromatic nitrogens is 5. The number of fused-ring (bicyclic) bond motifs is 2. The molecule has 1 aliphatic rings. The fourth-order valence-electron chi connectivity index (χ4n) is 5.19. The Labute approximate surface area is 207 Å². The van der Waals surface area contributed by atoms with Crippen molar-refractivity contribution in [3.63, 3.8) is 0 Å². The number of hydrogen-bond acceptors (Lipinski definition) is 6. The highest BCUT2D eigenvalue weighted by molar-refractivity contribution is 5.89. The molecule has 9 nitrogen and oxygen atoms in total. The Hall–Kier alpha value is -4.42. The van der Waals surface area contributed by atoms with Crippen LogP contribution in [-0.4, -0.2) is 42.6 Å². The number of anilines is 1. The van der Waals surface area contributed by atoms with Crippen molar-refractivity contribution in [1.29, 1.82) is 5.26 Å². The molecule has 0 radical (unpaired) electrons. The van der Waals surface area contributed by atoms with E-state index >= 15 is 0 Å². The Kier molecular flexibility index (Phi) is 5.51. The molecule has 5 aromatic rings. The van der Waals surface area contributed by atoms with Gasteiger partial charge in [0.1, 0.15) is 34.1 Å². The molecule has 1 aliphatic heterocycles. The Morgan fingerprint density at radius 2 is 1.92 bits per heavy atom. The molecule has 1 saturated heterocycles. The summed E-state index contributed by atoms with van der Waals surface area (Å²) in [7, 11) is 0. The van der Waals surface area contributed by atoms with Gasteiger partial charge in [-0.05, 0) is 30.5 Å². The smallest absolute Gasteiger partial charge is 0.278 e. The highest BCUT2D eigenvalue weighted by Gasteiger charge is 2.28. The molecule has 2 N–H and O–H groups in total. The highest BCUT2D eigenvalue weighted by atomic mass is 16.1. The third-order valence-corrected chi connectivity index (χ3v) is 6.88. The van der Waals surface area contributed by atoms with Crippen LogP contribution in [0.5, 0.6) is 0 Å². The van der Waals surface area contributed by atoms with E-state index in [-0.39, 0.29) is 11.6 Å². The first-order valence-electron chi connectivity index (χ1n) is 12.1. The van der Waals surface area contributed by atoms with Crippen LogP contribution in [0.2, 0.25) is 0 Å². The first-order chi connectivity index (χ1) is 17.6. The summed E-state index contributed by atoms with van der Waals surface area (Å²) < 4.78 is 5.51. The maximum absolute atomic E-state index is 14.0. The van der Waals surface area contributed by atoms with Gasteiger partial charge in [0.2, 0.25) is 0 Å². The van der Waals surface area contributed by atoms with Crippen LogP contribution >= 0.6 is 0 Å². The first-order valence-corrected chi connectivity index (χ1v) is 12.1. The van der Waals surface area contributed by atoms with E-state index in [1.165, 1.54) is 6.33 Å². The molecule has 180 valence electrons. The highest BCUT2D eigenvalue weighted by Crippen LogP contribution is 2.32. The molecule has 4 aromatic heterocycles. The average molecular weight is 479 g/mol. The number of imidazole rings is 1. The van der Waals surface area contributed by atoms with Crippen LogP contribution in [0.3, 0.4) is 0 Å². The summed E-state index contributed by atoms with van der Waals surface area (Å²) in [5, 5.41) is 10.2. The van der Waals surface area contributed by atoms with Gasteiger partial charge in [0.25, 0.3) is 5.56 Å². The lowest BCUT2D eigenvalue weighted by atomic mass is 10.1. The topological polar surface area (TPSA) is 110 Å². The SMILES string of the molecule is N#Cc1c(N2CCCC(N)C2)n(Cc2ccccc2)c2c(=O)n(Cc3cnc4ccccn34)cnc12. The average Bonchev–Trinajstić information content (AvgIpc) is 3.45. The van der Waals surface area contributed by atoms with E-state index in [2.05, 4.69) is 20.9 Å². The summed E-state index contributed by atoms with van der Waals surface area (Å²) in [5.41, 5.74) is 10.1. The summed E-state index contributed by atoms with van der Waals surface area (Å²) in [5.74, 6) is 0.726. The van der Waals surface area contributed by atoms with Gasteiger partial charge in [-0.1, -0.05) is 36.4 Å². The molecule has 0 saturated carbocycles. The number of nitrogens with zero attached hydrogens (tertiary/aromatic N) is 7. The van der Waals surface area contributed by atoms with Crippen LogP contribution in [0.25, 0.3) is 16.7 Å². The predicted octanol–water partition coefficient (Wildman–Crippen LogP) is 2.74. The van der Waals surface area contributed by atoms with Crippen LogP contribution in [-0.2, 0) is 13.1 Å². The van der Waals surface area contributed by atoms with Gasteiger partial charge < -0.3 is 19.6 Å². The Morgan fingerprint density at radius 1 is 1.08 bits per heavy atom. The minimum Gasteiger partial charge on any atom is -0.355 e. The third kappa shape index (κ3) is 3.72. The molecule has 0 spiro atoms. The Bertz CT molecular complexity index is 1660. The van der Waals surface area contributed by atoms with Gasteiger partial charge in [-0.25, -0.2) is 9.97 Å². The zero-order valence-electron chi connectivity index (χ0n) is 19.8. The van der Waals surface area contributed by atoms with Gasteiger partial charge in [-0.2, -0.15) is 5.26 Å². The summed E-state index contributed by atoms with van der Waals surface area (Å²) in [6, 6.07) is 18.1. The number of pyridine rings is 1. The zero-order chi connectivity index (χ0) is 24.6. The number of piperidine rings is 1. The van der Waals surface area contributed by atoms with Crippen molar-refractivity contribution in [2.75, 3.05) is 18.0 Å². The van der Waals surface area contributed by atoms with Gasteiger partial charge in [0, 0.05) is 31.9 Å². The van der Waals surface area contributed by atoms with Gasteiger partial charge >= 0.3 is 0 Å². The largest absolute Gasteiger partial charge is 0.355 e. The van der Waals surface area contributed by atoms with Gasteiger partial charge in [-0.3, -0.25) is 9.36 Å². The molecule has 6 rings (SSSR count). The van der Waals surface area contributed by atoms with Crippen molar-refractivity contribution in [2.45, 2.75) is 32.0 Å². The molecule has 36 heavy (non-hydrogen) atoms. The van der Waals surface area contributed by atoms with E-state index in [0.29, 0.717) is 36.2 Å². The fraction of sp³-hybridized carbons (Fsp3) is 0.259. The molecule has 5 heterocycles. The molecule has 0 amide bonds. The lowest BCUT2D eigenvalue weighted by Gasteiger charge is -2.33. The van der Waals surface area contributed by atoms with Crippen molar-refractivity contribution in [3.8, 4) is 6.07 Å². The van der Waals surface area contributed by atoms with Crippen LogP contribution in [0.15, 0.2) is 72.0 Å². The molecule has 1 fully saturated rings. The second-order valence-electron chi connectivity index (χ2n) is 9.28. The monoisotopic (exact) mass is 478 g/mol. The number of benzene rings is 1. The molecular weight excluding hydrogens is 452 g/mol.